The third-order valence-electron chi connectivity index (χ3n) is 2.03. The van der Waals surface area contributed by atoms with Gasteiger partial charge in [-0.2, -0.15) is 13.2 Å². The molecule has 2 heterocycles. The molecular formula is C9H3ClF3NO2S. The monoisotopic (exact) mass is 281 g/mol. The fraction of sp³-hybridized carbons (Fsp3) is 0.111. The van der Waals surface area contributed by atoms with Gasteiger partial charge in [-0.05, 0) is 6.07 Å². The van der Waals surface area contributed by atoms with E-state index in [0.29, 0.717) is 17.4 Å². The number of rotatable bonds is 1. The van der Waals surface area contributed by atoms with Crippen LogP contribution in [0, 0.1) is 0 Å². The maximum absolute atomic E-state index is 12.7. The molecule has 0 aliphatic rings. The first-order valence-corrected chi connectivity index (χ1v) is 5.44. The number of hydrogen-bond acceptors (Lipinski definition) is 3. The van der Waals surface area contributed by atoms with E-state index in [9.17, 15) is 18.0 Å². The molecule has 0 radical (unpaired) electrons. The molecule has 0 aliphatic carbocycles. The van der Waals surface area contributed by atoms with Crippen LogP contribution >= 0.6 is 22.9 Å². The smallest absolute Gasteiger partial charge is 0.417 e. The minimum Gasteiger partial charge on any atom is -0.478 e. The Balaban J connectivity index is 2.84. The number of fused-ring (bicyclic) bond motifs is 1. The summed E-state index contributed by atoms with van der Waals surface area (Å²) < 4.78 is 37.8. The molecule has 8 heteroatoms. The number of alkyl halides is 3. The van der Waals surface area contributed by atoms with Crippen LogP contribution in [0.15, 0.2) is 11.4 Å². The lowest BCUT2D eigenvalue weighted by Gasteiger charge is -2.07. The molecule has 2 aromatic rings. The highest BCUT2D eigenvalue weighted by Crippen LogP contribution is 2.39. The summed E-state index contributed by atoms with van der Waals surface area (Å²) >= 11 is 6.15. The van der Waals surface area contributed by atoms with Gasteiger partial charge in [0.1, 0.15) is 5.15 Å². The van der Waals surface area contributed by atoms with Crippen molar-refractivity contribution in [3.05, 3.63) is 27.7 Å². The molecule has 0 bridgehead atoms. The Morgan fingerprint density at radius 3 is 2.65 bits per heavy atom. The summed E-state index contributed by atoms with van der Waals surface area (Å²) in [6, 6.07) is 0.687. The number of pyridine rings is 1. The summed E-state index contributed by atoms with van der Waals surface area (Å²) in [7, 11) is 0. The van der Waals surface area contributed by atoms with Gasteiger partial charge in [0.25, 0.3) is 0 Å². The second kappa shape index (κ2) is 3.85. The van der Waals surface area contributed by atoms with Crippen molar-refractivity contribution in [1.29, 1.82) is 0 Å². The van der Waals surface area contributed by atoms with E-state index < -0.39 is 17.7 Å². The van der Waals surface area contributed by atoms with Crippen LogP contribution in [-0.4, -0.2) is 16.1 Å². The van der Waals surface area contributed by atoms with Crippen LogP contribution in [-0.2, 0) is 6.18 Å². The largest absolute Gasteiger partial charge is 0.478 e. The zero-order valence-electron chi connectivity index (χ0n) is 7.88. The minimum atomic E-state index is -4.59. The van der Waals surface area contributed by atoms with E-state index in [2.05, 4.69) is 4.98 Å². The predicted octanol–water partition coefficient (Wildman–Crippen LogP) is 3.67. The SMILES string of the molecule is O=C(O)c1csc2c(C(F)(F)F)cc(Cl)nc12. The quantitative estimate of drug-likeness (QED) is 0.812. The van der Waals surface area contributed by atoms with Gasteiger partial charge in [-0.3, -0.25) is 0 Å². The summed E-state index contributed by atoms with van der Waals surface area (Å²) in [4.78, 5) is 14.4. The molecule has 0 unspecified atom stereocenters. The lowest BCUT2D eigenvalue weighted by molar-refractivity contribution is -0.136. The van der Waals surface area contributed by atoms with Crippen molar-refractivity contribution < 1.29 is 23.1 Å². The van der Waals surface area contributed by atoms with Crippen molar-refractivity contribution in [3.63, 3.8) is 0 Å². The summed E-state index contributed by atoms with van der Waals surface area (Å²) in [6.07, 6.45) is -4.59. The average molecular weight is 282 g/mol. The first-order valence-electron chi connectivity index (χ1n) is 4.19. The molecule has 2 rings (SSSR count). The molecule has 0 saturated carbocycles. The van der Waals surface area contributed by atoms with E-state index in [0.717, 1.165) is 5.38 Å². The van der Waals surface area contributed by atoms with Gasteiger partial charge in [0.05, 0.1) is 21.3 Å². The Kier molecular flexibility index (Phi) is 2.75. The number of nitrogens with zero attached hydrogens (tertiary/aromatic N) is 1. The zero-order chi connectivity index (χ0) is 12.8. The van der Waals surface area contributed by atoms with E-state index >= 15 is 0 Å². The Bertz CT molecular complexity index is 608. The number of thiophene rings is 1. The fourth-order valence-electron chi connectivity index (χ4n) is 1.34. The predicted molar refractivity (Wildman–Crippen MR) is 56.6 cm³/mol. The van der Waals surface area contributed by atoms with Crippen LogP contribution in [0.5, 0.6) is 0 Å². The van der Waals surface area contributed by atoms with Crippen LogP contribution in [0.25, 0.3) is 10.2 Å². The highest BCUT2D eigenvalue weighted by atomic mass is 35.5. The molecule has 1 N–H and O–H groups in total. The summed E-state index contributed by atoms with van der Waals surface area (Å²) in [5.74, 6) is -1.33. The highest BCUT2D eigenvalue weighted by molar-refractivity contribution is 7.17. The number of hydrogen-bond donors (Lipinski definition) is 1. The molecule has 0 atom stereocenters. The van der Waals surface area contributed by atoms with Crippen molar-refractivity contribution in [2.75, 3.05) is 0 Å². The number of aromatic carboxylic acids is 1. The summed E-state index contributed by atoms with van der Waals surface area (Å²) in [5.41, 5.74) is -1.48. The Labute approximate surface area is 101 Å². The fourth-order valence-corrected chi connectivity index (χ4v) is 2.55. The standard InChI is InChI=1S/C9H3ClF3NO2S/c10-5-1-4(9(11,12)13)7-6(14-5)3(2-17-7)8(15)16/h1-2H,(H,15,16). The number of aromatic nitrogens is 1. The maximum atomic E-state index is 12.7. The lowest BCUT2D eigenvalue weighted by Crippen LogP contribution is -2.06. The van der Waals surface area contributed by atoms with Gasteiger partial charge in [-0.1, -0.05) is 11.6 Å². The van der Waals surface area contributed by atoms with Gasteiger partial charge in [-0.25, -0.2) is 9.78 Å². The molecule has 0 saturated heterocycles. The van der Waals surface area contributed by atoms with Crippen LogP contribution < -0.4 is 0 Å². The molecule has 17 heavy (non-hydrogen) atoms. The molecular weight excluding hydrogens is 279 g/mol. The number of carboxylic acids is 1. The van der Waals surface area contributed by atoms with Gasteiger partial charge in [0, 0.05) is 5.38 Å². The topological polar surface area (TPSA) is 50.2 Å². The van der Waals surface area contributed by atoms with Crippen molar-refractivity contribution in [1.82, 2.24) is 4.98 Å². The number of halogens is 4. The third kappa shape index (κ3) is 2.07. The number of carbonyl (C=O) groups is 1. The Hall–Kier alpha value is -1.34. The van der Waals surface area contributed by atoms with E-state index in [1.165, 1.54) is 0 Å². The van der Waals surface area contributed by atoms with Gasteiger partial charge in [0.15, 0.2) is 0 Å². The van der Waals surface area contributed by atoms with Gasteiger partial charge in [0.2, 0.25) is 0 Å². The van der Waals surface area contributed by atoms with Crippen molar-refractivity contribution >= 4 is 39.1 Å². The average Bonchev–Trinajstić information content (AvgIpc) is 2.57. The molecule has 0 fully saturated rings. The first kappa shape index (κ1) is 12.1. The Morgan fingerprint density at radius 2 is 2.12 bits per heavy atom. The highest BCUT2D eigenvalue weighted by Gasteiger charge is 2.35. The molecule has 3 nitrogen and oxygen atoms in total. The van der Waals surface area contributed by atoms with Crippen molar-refractivity contribution in [3.8, 4) is 0 Å². The third-order valence-corrected chi connectivity index (χ3v) is 3.22. The van der Waals surface area contributed by atoms with Crippen LogP contribution in [0.2, 0.25) is 5.15 Å². The van der Waals surface area contributed by atoms with Crippen LogP contribution in [0.1, 0.15) is 15.9 Å². The van der Waals surface area contributed by atoms with Crippen LogP contribution in [0.4, 0.5) is 13.2 Å². The van der Waals surface area contributed by atoms with Crippen molar-refractivity contribution in [2.24, 2.45) is 0 Å². The molecule has 0 amide bonds. The molecule has 2 aromatic heterocycles. The minimum absolute atomic E-state index is 0.223. The Morgan fingerprint density at radius 1 is 1.47 bits per heavy atom. The molecule has 90 valence electrons. The number of carboxylic acid groups (broad SMARTS) is 1. The first-order chi connectivity index (χ1) is 7.80. The molecule has 0 aliphatic heterocycles. The molecule has 0 aromatic carbocycles. The normalized spacial score (nSPS) is 12.0. The van der Waals surface area contributed by atoms with Gasteiger partial charge < -0.3 is 5.11 Å². The summed E-state index contributed by atoms with van der Waals surface area (Å²) in [5, 5.41) is 9.53. The lowest BCUT2D eigenvalue weighted by atomic mass is 10.2. The van der Waals surface area contributed by atoms with Crippen LogP contribution in [0.3, 0.4) is 0 Å². The van der Waals surface area contributed by atoms with Crippen molar-refractivity contribution in [2.45, 2.75) is 6.18 Å². The summed E-state index contributed by atoms with van der Waals surface area (Å²) in [6.45, 7) is 0. The van der Waals surface area contributed by atoms with E-state index in [1.54, 1.807) is 0 Å². The van der Waals surface area contributed by atoms with E-state index in [4.69, 9.17) is 16.7 Å². The second-order valence-electron chi connectivity index (χ2n) is 3.12. The van der Waals surface area contributed by atoms with E-state index in [1.807, 2.05) is 0 Å². The van der Waals surface area contributed by atoms with Gasteiger partial charge >= 0.3 is 12.1 Å². The molecule has 0 spiro atoms. The zero-order valence-corrected chi connectivity index (χ0v) is 9.45. The van der Waals surface area contributed by atoms with E-state index in [-0.39, 0.29) is 20.9 Å². The van der Waals surface area contributed by atoms with Gasteiger partial charge in [-0.15, -0.1) is 11.3 Å². The maximum Gasteiger partial charge on any atom is 0.417 e. The second-order valence-corrected chi connectivity index (χ2v) is 4.39.